The topological polar surface area (TPSA) is 63.8 Å². The Labute approximate surface area is 92.2 Å². The van der Waals surface area contributed by atoms with Gasteiger partial charge in [0.25, 0.3) is 0 Å². The van der Waals surface area contributed by atoms with E-state index in [9.17, 15) is 0 Å². The number of nitrogens with zero attached hydrogens (tertiary/aromatic N) is 2. The molecule has 4 nitrogen and oxygen atoms in total. The van der Waals surface area contributed by atoms with Crippen LogP contribution in [-0.4, -0.2) is 17.0 Å². The Bertz CT molecular complexity index is 427. The molecular formula is C10H12N4S. The molecule has 0 bridgehead atoms. The largest absolute Gasteiger partial charge is 0.398 e. The molecule has 0 fully saturated rings. The summed E-state index contributed by atoms with van der Waals surface area (Å²) in [4.78, 5) is 8.36. The van der Waals surface area contributed by atoms with Crippen LogP contribution in [0.4, 0.5) is 5.69 Å². The maximum Gasteiger partial charge on any atom is 0.0795 e. The van der Waals surface area contributed by atoms with Crippen molar-refractivity contribution in [3.8, 4) is 0 Å². The molecule has 2 heterocycles. The second-order valence-electron chi connectivity index (χ2n) is 3.14. The lowest BCUT2D eigenvalue weighted by atomic mass is 10.1. The molecule has 0 radical (unpaired) electrons. The molecule has 78 valence electrons. The first kappa shape index (κ1) is 10.1. The van der Waals surface area contributed by atoms with Crippen LogP contribution in [0, 0.1) is 0 Å². The molecule has 1 unspecified atom stereocenters. The summed E-state index contributed by atoms with van der Waals surface area (Å²) < 4.78 is 0. The van der Waals surface area contributed by atoms with E-state index in [0.717, 1.165) is 16.9 Å². The van der Waals surface area contributed by atoms with Gasteiger partial charge in [-0.1, -0.05) is 0 Å². The van der Waals surface area contributed by atoms with E-state index in [2.05, 4.69) is 15.3 Å². The number of hydrogen-bond donors (Lipinski definition) is 2. The molecule has 0 amide bonds. The molecule has 3 N–H and O–H groups in total. The van der Waals surface area contributed by atoms with E-state index in [0.29, 0.717) is 0 Å². The zero-order valence-electron chi connectivity index (χ0n) is 8.34. The summed E-state index contributed by atoms with van der Waals surface area (Å²) in [5.74, 6) is 0. The highest BCUT2D eigenvalue weighted by Gasteiger charge is 2.16. The number of pyridine rings is 1. The van der Waals surface area contributed by atoms with Gasteiger partial charge >= 0.3 is 0 Å². The fourth-order valence-corrected chi connectivity index (χ4v) is 2.07. The third-order valence-electron chi connectivity index (χ3n) is 2.23. The summed E-state index contributed by atoms with van der Waals surface area (Å²) in [7, 11) is 1.89. The molecule has 2 aromatic rings. The van der Waals surface area contributed by atoms with Crippen LogP contribution in [0.5, 0.6) is 0 Å². The standard InChI is InChI=1S/C10H12N4S/c1-12-10(9-5-15-6-14-9)7-4-13-3-2-8(7)11/h2-6,10,12H,1H3,(H2,11,13). The van der Waals surface area contributed by atoms with E-state index in [4.69, 9.17) is 5.73 Å². The minimum Gasteiger partial charge on any atom is -0.398 e. The normalized spacial score (nSPS) is 12.6. The molecule has 1 atom stereocenters. The fourth-order valence-electron chi connectivity index (χ4n) is 1.49. The number of nitrogens with one attached hydrogen (secondary N) is 1. The number of anilines is 1. The quantitative estimate of drug-likeness (QED) is 0.821. The molecule has 0 aromatic carbocycles. The van der Waals surface area contributed by atoms with Gasteiger partial charge in [0.2, 0.25) is 0 Å². The zero-order valence-corrected chi connectivity index (χ0v) is 9.16. The van der Waals surface area contributed by atoms with Gasteiger partial charge in [-0.3, -0.25) is 4.98 Å². The van der Waals surface area contributed by atoms with Gasteiger partial charge < -0.3 is 11.1 Å². The number of rotatable bonds is 3. The second-order valence-corrected chi connectivity index (χ2v) is 3.86. The SMILES string of the molecule is CNC(c1cscn1)c1cnccc1N. The summed E-state index contributed by atoms with van der Waals surface area (Å²) >= 11 is 1.57. The Balaban J connectivity index is 2.40. The maximum absolute atomic E-state index is 5.90. The van der Waals surface area contributed by atoms with Crippen molar-refractivity contribution in [1.82, 2.24) is 15.3 Å². The summed E-state index contributed by atoms with van der Waals surface area (Å²) in [6, 6.07) is 1.82. The lowest BCUT2D eigenvalue weighted by molar-refractivity contribution is 0.674. The number of nitrogen functional groups attached to an aromatic ring is 1. The van der Waals surface area contributed by atoms with Crippen LogP contribution in [0.3, 0.4) is 0 Å². The zero-order chi connectivity index (χ0) is 10.7. The molecule has 0 saturated carbocycles. The summed E-state index contributed by atoms with van der Waals surface area (Å²) in [6.45, 7) is 0. The summed E-state index contributed by atoms with van der Waals surface area (Å²) in [6.07, 6.45) is 3.46. The summed E-state index contributed by atoms with van der Waals surface area (Å²) in [5.41, 5.74) is 10.4. The number of nitrogens with two attached hydrogens (primary N) is 1. The van der Waals surface area contributed by atoms with Crippen LogP contribution >= 0.6 is 11.3 Å². The van der Waals surface area contributed by atoms with Gasteiger partial charge in [0.05, 0.1) is 17.2 Å². The van der Waals surface area contributed by atoms with E-state index >= 15 is 0 Å². The van der Waals surface area contributed by atoms with Gasteiger partial charge in [0, 0.05) is 29.0 Å². The van der Waals surface area contributed by atoms with Crippen molar-refractivity contribution in [2.45, 2.75) is 6.04 Å². The molecular weight excluding hydrogens is 208 g/mol. The maximum atomic E-state index is 5.90. The van der Waals surface area contributed by atoms with Crippen molar-refractivity contribution in [3.63, 3.8) is 0 Å². The van der Waals surface area contributed by atoms with Gasteiger partial charge in [-0.15, -0.1) is 11.3 Å². The van der Waals surface area contributed by atoms with Crippen molar-refractivity contribution >= 4 is 17.0 Å². The van der Waals surface area contributed by atoms with E-state index in [1.165, 1.54) is 0 Å². The summed E-state index contributed by atoms with van der Waals surface area (Å²) in [5, 5.41) is 5.19. The molecule has 0 aliphatic heterocycles. The van der Waals surface area contributed by atoms with E-state index in [1.54, 1.807) is 29.8 Å². The lowest BCUT2D eigenvalue weighted by Gasteiger charge is -2.15. The van der Waals surface area contributed by atoms with Crippen molar-refractivity contribution < 1.29 is 0 Å². The molecule has 0 aliphatic rings. The average molecular weight is 220 g/mol. The third kappa shape index (κ3) is 1.98. The highest BCUT2D eigenvalue weighted by Crippen LogP contribution is 2.24. The molecule has 15 heavy (non-hydrogen) atoms. The van der Waals surface area contributed by atoms with E-state index in [-0.39, 0.29) is 6.04 Å². The Hall–Kier alpha value is -1.46. The molecule has 5 heteroatoms. The Morgan fingerprint density at radius 1 is 1.53 bits per heavy atom. The van der Waals surface area contributed by atoms with Gasteiger partial charge in [0.15, 0.2) is 0 Å². The average Bonchev–Trinajstić information content (AvgIpc) is 2.75. The van der Waals surface area contributed by atoms with Crippen molar-refractivity contribution in [3.05, 3.63) is 40.6 Å². The van der Waals surface area contributed by atoms with Gasteiger partial charge in [0.1, 0.15) is 0 Å². The van der Waals surface area contributed by atoms with Crippen molar-refractivity contribution in [2.75, 3.05) is 12.8 Å². The molecule has 0 aliphatic carbocycles. The lowest BCUT2D eigenvalue weighted by Crippen LogP contribution is -2.19. The van der Waals surface area contributed by atoms with Crippen LogP contribution in [0.1, 0.15) is 17.3 Å². The highest BCUT2D eigenvalue weighted by molar-refractivity contribution is 7.07. The monoisotopic (exact) mass is 220 g/mol. The first-order valence-corrected chi connectivity index (χ1v) is 5.52. The Morgan fingerprint density at radius 3 is 3.00 bits per heavy atom. The van der Waals surface area contributed by atoms with E-state index < -0.39 is 0 Å². The van der Waals surface area contributed by atoms with Crippen LogP contribution in [0.25, 0.3) is 0 Å². The third-order valence-corrected chi connectivity index (χ3v) is 2.84. The second kappa shape index (κ2) is 4.37. The Morgan fingerprint density at radius 2 is 2.40 bits per heavy atom. The van der Waals surface area contributed by atoms with Crippen molar-refractivity contribution in [2.24, 2.45) is 0 Å². The highest BCUT2D eigenvalue weighted by atomic mass is 32.1. The minimum absolute atomic E-state index is 0.0185. The van der Waals surface area contributed by atoms with Gasteiger partial charge in [-0.05, 0) is 13.1 Å². The minimum atomic E-state index is 0.0185. The van der Waals surface area contributed by atoms with Crippen molar-refractivity contribution in [1.29, 1.82) is 0 Å². The number of aromatic nitrogens is 2. The van der Waals surface area contributed by atoms with E-state index in [1.807, 2.05) is 17.9 Å². The molecule has 0 saturated heterocycles. The van der Waals surface area contributed by atoms with Gasteiger partial charge in [-0.2, -0.15) is 0 Å². The molecule has 0 spiro atoms. The fraction of sp³-hybridized carbons (Fsp3) is 0.200. The smallest absolute Gasteiger partial charge is 0.0795 e. The Kier molecular flexibility index (Phi) is 2.94. The number of hydrogen-bond acceptors (Lipinski definition) is 5. The molecule has 2 rings (SSSR count). The van der Waals surface area contributed by atoms with Crippen LogP contribution in [0.15, 0.2) is 29.4 Å². The van der Waals surface area contributed by atoms with Crippen LogP contribution < -0.4 is 11.1 Å². The predicted molar refractivity (Wildman–Crippen MR) is 61.7 cm³/mol. The molecule has 2 aromatic heterocycles. The first-order valence-electron chi connectivity index (χ1n) is 4.57. The predicted octanol–water partition coefficient (Wildman–Crippen LogP) is 1.43. The van der Waals surface area contributed by atoms with Crippen LogP contribution in [0.2, 0.25) is 0 Å². The number of thiazole rings is 1. The van der Waals surface area contributed by atoms with Gasteiger partial charge in [-0.25, -0.2) is 4.98 Å². The van der Waals surface area contributed by atoms with Crippen LogP contribution in [-0.2, 0) is 0 Å². The first-order chi connectivity index (χ1) is 7.33.